The maximum absolute atomic E-state index is 12.2. The number of sulfone groups is 1. The van der Waals surface area contributed by atoms with Crippen molar-refractivity contribution in [2.24, 2.45) is 5.92 Å². The Labute approximate surface area is 144 Å². The van der Waals surface area contributed by atoms with Gasteiger partial charge in [-0.3, -0.25) is 4.79 Å². The second kappa shape index (κ2) is 6.34. The van der Waals surface area contributed by atoms with E-state index in [1.165, 1.54) is 13.0 Å². The van der Waals surface area contributed by atoms with Crippen LogP contribution in [-0.2, 0) is 23.7 Å². The van der Waals surface area contributed by atoms with E-state index < -0.39 is 24.9 Å². The Morgan fingerprint density at radius 1 is 1.48 bits per heavy atom. The van der Waals surface area contributed by atoms with Crippen molar-refractivity contribution in [2.75, 3.05) is 12.3 Å². The molecule has 1 atom stereocenters. The van der Waals surface area contributed by atoms with Crippen LogP contribution in [0.2, 0.25) is 0 Å². The van der Waals surface area contributed by atoms with Gasteiger partial charge < -0.3 is 4.90 Å². The van der Waals surface area contributed by atoms with E-state index in [1.807, 2.05) is 13.8 Å². The third kappa shape index (κ3) is 3.89. The molecule has 1 amide bonds. The Bertz CT molecular complexity index is 826. The second-order valence-corrected chi connectivity index (χ2v) is 12.1. The fourth-order valence-corrected chi connectivity index (χ4v) is 7.14. The molecule has 1 aliphatic rings. The number of amides is 1. The Kier molecular flexibility index (Phi) is 5.16. The first-order chi connectivity index (χ1) is 10.4. The first kappa shape index (κ1) is 18.7. The van der Waals surface area contributed by atoms with E-state index >= 15 is 0 Å². The number of carbonyl (C=O) groups is 1. The van der Waals surface area contributed by atoms with Gasteiger partial charge in [-0.1, -0.05) is 13.8 Å². The summed E-state index contributed by atoms with van der Waals surface area (Å²) >= 11 is 0.655. The zero-order chi connectivity index (χ0) is 17.6. The Balaban J connectivity index is 2.59. The number of fused-ring (bicyclic) bond motifs is 1. The van der Waals surface area contributed by atoms with Gasteiger partial charge in [-0.05, 0) is 18.4 Å². The summed E-state index contributed by atoms with van der Waals surface area (Å²) in [6, 6.07) is 0.844. The largest absolute Gasteiger partial charge is 0.336 e. The molecule has 10 heteroatoms. The van der Waals surface area contributed by atoms with Gasteiger partial charge in [0, 0.05) is 29.7 Å². The lowest BCUT2D eigenvalue weighted by atomic mass is 10.0. The average molecular weight is 400 g/mol. The Morgan fingerprint density at radius 2 is 2.09 bits per heavy atom. The van der Waals surface area contributed by atoms with E-state index in [1.54, 1.807) is 4.90 Å². The van der Waals surface area contributed by atoms with E-state index in [0.717, 1.165) is 0 Å². The Morgan fingerprint density at radius 3 is 2.57 bits per heavy atom. The molecule has 130 valence electrons. The van der Waals surface area contributed by atoms with E-state index in [9.17, 15) is 21.6 Å². The number of rotatable bonds is 4. The molecule has 1 aromatic rings. The Hall–Kier alpha value is -0.640. The van der Waals surface area contributed by atoms with Gasteiger partial charge in [-0.25, -0.2) is 16.8 Å². The van der Waals surface area contributed by atoms with Crippen LogP contribution in [0.25, 0.3) is 0 Å². The van der Waals surface area contributed by atoms with Crippen LogP contribution in [0.1, 0.15) is 38.8 Å². The molecule has 0 aromatic carbocycles. The van der Waals surface area contributed by atoms with Crippen molar-refractivity contribution in [3.63, 3.8) is 0 Å². The minimum absolute atomic E-state index is 0.00276. The van der Waals surface area contributed by atoms with Crippen LogP contribution in [0.15, 0.2) is 14.5 Å². The highest BCUT2D eigenvalue weighted by atomic mass is 35.7. The van der Waals surface area contributed by atoms with Gasteiger partial charge in [0.05, 0.1) is 11.8 Å². The number of halogens is 1. The molecular weight excluding hydrogens is 382 g/mol. The fourth-order valence-electron chi connectivity index (χ4n) is 2.67. The van der Waals surface area contributed by atoms with Gasteiger partial charge in [0.1, 0.15) is 8.42 Å². The van der Waals surface area contributed by atoms with Crippen LogP contribution in [0, 0.1) is 5.92 Å². The van der Waals surface area contributed by atoms with Crippen LogP contribution < -0.4 is 0 Å². The van der Waals surface area contributed by atoms with Crippen LogP contribution in [0.5, 0.6) is 0 Å². The SMILES string of the molecule is CC(=O)N(CC(C)C)C1CCS(=O)(=O)c2sc(S(=O)(=O)Cl)cc21. The fraction of sp³-hybridized carbons (Fsp3) is 0.615. The highest BCUT2D eigenvalue weighted by molar-refractivity contribution is 8.15. The molecule has 0 saturated carbocycles. The van der Waals surface area contributed by atoms with Crippen molar-refractivity contribution in [2.45, 2.75) is 41.7 Å². The molecule has 0 N–H and O–H groups in total. The van der Waals surface area contributed by atoms with Crippen LogP contribution in [-0.4, -0.2) is 39.9 Å². The highest BCUT2D eigenvalue weighted by Gasteiger charge is 2.38. The quantitative estimate of drug-likeness (QED) is 0.725. The van der Waals surface area contributed by atoms with E-state index in [-0.39, 0.29) is 32.4 Å². The molecule has 1 aromatic heterocycles. The zero-order valence-electron chi connectivity index (χ0n) is 12.9. The predicted octanol–water partition coefficient (Wildman–Crippen LogP) is 2.40. The number of hydrogen-bond acceptors (Lipinski definition) is 6. The van der Waals surface area contributed by atoms with Crippen molar-refractivity contribution < 1.29 is 21.6 Å². The molecule has 1 aliphatic heterocycles. The molecule has 2 heterocycles. The number of carbonyl (C=O) groups excluding carboxylic acids is 1. The van der Waals surface area contributed by atoms with Gasteiger partial charge in [-0.2, -0.15) is 0 Å². The third-order valence-corrected chi connectivity index (χ3v) is 9.19. The van der Waals surface area contributed by atoms with Crippen LogP contribution >= 0.6 is 22.0 Å². The molecule has 1 unspecified atom stereocenters. The smallest absolute Gasteiger partial charge is 0.270 e. The summed E-state index contributed by atoms with van der Waals surface area (Å²) in [6.07, 6.45) is 0.250. The van der Waals surface area contributed by atoms with Gasteiger partial charge in [0.25, 0.3) is 9.05 Å². The van der Waals surface area contributed by atoms with E-state index in [4.69, 9.17) is 10.7 Å². The normalized spacial score (nSPS) is 20.3. The predicted molar refractivity (Wildman–Crippen MR) is 89.0 cm³/mol. The van der Waals surface area contributed by atoms with Crippen molar-refractivity contribution in [3.05, 3.63) is 11.6 Å². The maximum atomic E-state index is 12.2. The average Bonchev–Trinajstić information content (AvgIpc) is 2.82. The van der Waals surface area contributed by atoms with Crippen molar-refractivity contribution in [3.8, 4) is 0 Å². The zero-order valence-corrected chi connectivity index (χ0v) is 16.1. The lowest BCUT2D eigenvalue weighted by Gasteiger charge is -2.34. The maximum Gasteiger partial charge on any atom is 0.270 e. The summed E-state index contributed by atoms with van der Waals surface area (Å²) in [5.41, 5.74) is 0.358. The minimum atomic E-state index is -4.02. The van der Waals surface area contributed by atoms with E-state index in [2.05, 4.69) is 0 Å². The molecule has 0 aliphatic carbocycles. The second-order valence-electron chi connectivity index (χ2n) is 5.93. The standard InChI is InChI=1S/C13H18ClNO5S3/c1-8(2)7-15(9(3)16)11-4-5-22(17,18)13-10(11)6-12(21-13)23(14,19)20/h6,8,11H,4-5,7H2,1-3H3. The van der Waals surface area contributed by atoms with Gasteiger partial charge in [-0.15, -0.1) is 11.3 Å². The first-order valence-electron chi connectivity index (χ1n) is 7.02. The lowest BCUT2D eigenvalue weighted by molar-refractivity contribution is -0.132. The molecule has 0 fully saturated rings. The number of hydrogen-bond donors (Lipinski definition) is 0. The van der Waals surface area contributed by atoms with Crippen LogP contribution in [0.4, 0.5) is 0 Å². The van der Waals surface area contributed by atoms with Crippen molar-refractivity contribution >= 4 is 46.8 Å². The number of nitrogens with zero attached hydrogens (tertiary/aromatic N) is 1. The minimum Gasteiger partial charge on any atom is -0.336 e. The summed E-state index contributed by atoms with van der Waals surface area (Å²) in [7, 11) is -2.21. The summed E-state index contributed by atoms with van der Waals surface area (Å²) < 4.78 is 47.4. The lowest BCUT2D eigenvalue weighted by Crippen LogP contribution is -2.38. The monoisotopic (exact) mass is 399 g/mol. The highest BCUT2D eigenvalue weighted by Crippen LogP contribution is 2.43. The van der Waals surface area contributed by atoms with Gasteiger partial charge in [0.15, 0.2) is 9.84 Å². The number of thiophene rings is 1. The molecule has 0 bridgehead atoms. The summed E-state index contributed by atoms with van der Waals surface area (Å²) in [5, 5.41) is 0. The molecule has 6 nitrogen and oxygen atoms in total. The molecule has 0 spiro atoms. The topological polar surface area (TPSA) is 88.6 Å². The van der Waals surface area contributed by atoms with Crippen molar-refractivity contribution in [1.29, 1.82) is 0 Å². The third-order valence-electron chi connectivity index (χ3n) is 3.59. The molecule has 23 heavy (non-hydrogen) atoms. The summed E-state index contributed by atoms with van der Waals surface area (Å²) in [6.45, 7) is 5.81. The van der Waals surface area contributed by atoms with Gasteiger partial charge >= 0.3 is 0 Å². The van der Waals surface area contributed by atoms with E-state index in [0.29, 0.717) is 23.4 Å². The molecular formula is C13H18ClNO5S3. The molecule has 0 saturated heterocycles. The van der Waals surface area contributed by atoms with Crippen LogP contribution in [0.3, 0.4) is 0 Å². The first-order valence-corrected chi connectivity index (χ1v) is 11.8. The molecule has 2 rings (SSSR count). The molecule has 0 radical (unpaired) electrons. The van der Waals surface area contributed by atoms with Crippen molar-refractivity contribution in [1.82, 2.24) is 4.90 Å². The van der Waals surface area contributed by atoms with Gasteiger partial charge in [0.2, 0.25) is 5.91 Å². The summed E-state index contributed by atoms with van der Waals surface area (Å²) in [5.74, 6) is -0.0827. The summed E-state index contributed by atoms with van der Waals surface area (Å²) in [4.78, 5) is 13.6.